The molecular weight excluding hydrogens is 494 g/mol. The van der Waals surface area contributed by atoms with Crippen LogP contribution in [-0.2, 0) is 26.5 Å². The van der Waals surface area contributed by atoms with Gasteiger partial charge in [0.05, 0.1) is 29.7 Å². The summed E-state index contributed by atoms with van der Waals surface area (Å²) in [6, 6.07) is 13.7. The number of non-ortho nitro benzene ring substituents is 1. The number of fused-ring (bicyclic) bond motifs is 2. The van der Waals surface area contributed by atoms with E-state index in [-0.39, 0.29) is 37.1 Å². The number of hydrogen-bond donors (Lipinski definition) is 2. The Balaban J connectivity index is 1.71. The number of carbonyl (C=O) groups is 2. The largest absolute Gasteiger partial charge is 0.432 e. The molecule has 0 saturated carbocycles. The second-order valence-corrected chi connectivity index (χ2v) is 14.4. The molecule has 10 nitrogen and oxygen atoms in total. The highest BCUT2D eigenvalue weighted by Crippen LogP contribution is 2.59. The molecular formula is C26H33N3O7Si. The van der Waals surface area contributed by atoms with Crippen LogP contribution in [0.2, 0.25) is 18.6 Å². The third-order valence-electron chi connectivity index (χ3n) is 7.62. The third-order valence-corrected chi connectivity index (χ3v) is 10.1. The highest BCUT2D eigenvalue weighted by atomic mass is 28.4. The minimum Gasteiger partial charge on any atom is -0.432 e. The van der Waals surface area contributed by atoms with Gasteiger partial charge in [-0.1, -0.05) is 37.3 Å². The smallest absolute Gasteiger partial charge is 0.269 e. The number of benzene rings is 2. The van der Waals surface area contributed by atoms with Crippen molar-refractivity contribution in [2.24, 2.45) is 5.92 Å². The number of aliphatic hydroxyl groups excluding tert-OH is 1. The second kappa shape index (κ2) is 9.97. The fraction of sp³-hybridized carbons (Fsp3) is 0.462. The number of carbonyl (C=O) groups excluding carboxylic acids is 2. The number of ether oxygens (including phenoxy) is 1. The molecule has 1 spiro atoms. The number of nitrogens with zero attached hydrogens (tertiary/aromatic N) is 3. The molecule has 2 aromatic carbocycles. The van der Waals surface area contributed by atoms with Crippen LogP contribution in [0.3, 0.4) is 0 Å². The number of rotatable bonds is 8. The zero-order chi connectivity index (χ0) is 27.1. The first-order chi connectivity index (χ1) is 17.4. The van der Waals surface area contributed by atoms with Gasteiger partial charge in [0.25, 0.3) is 11.6 Å². The molecule has 0 aromatic heterocycles. The van der Waals surface area contributed by atoms with Crippen LogP contribution in [0.15, 0.2) is 48.5 Å². The maximum atomic E-state index is 13.7. The maximum Gasteiger partial charge on any atom is 0.269 e. The first-order valence-electron chi connectivity index (χ1n) is 12.3. The van der Waals surface area contributed by atoms with E-state index in [2.05, 4.69) is 0 Å². The molecule has 0 bridgehead atoms. The number of nitro benzene ring substituents is 1. The van der Waals surface area contributed by atoms with Crippen molar-refractivity contribution in [2.75, 3.05) is 25.1 Å². The van der Waals surface area contributed by atoms with Crippen molar-refractivity contribution in [3.05, 3.63) is 69.8 Å². The Bertz CT molecular complexity index is 1200. The molecule has 0 unspecified atom stereocenters. The molecule has 0 radical (unpaired) electrons. The summed E-state index contributed by atoms with van der Waals surface area (Å²) in [5.41, 5.74) is -0.394. The second-order valence-electron chi connectivity index (χ2n) is 10.4. The van der Waals surface area contributed by atoms with Gasteiger partial charge in [-0.15, -0.1) is 0 Å². The minimum absolute atomic E-state index is 0.0954. The molecule has 2 aromatic rings. The Morgan fingerprint density at radius 1 is 1.24 bits per heavy atom. The Hall–Kier alpha value is -3.12. The van der Waals surface area contributed by atoms with Gasteiger partial charge in [0.15, 0.2) is 13.9 Å². The first-order valence-corrected chi connectivity index (χ1v) is 15.3. The Labute approximate surface area is 216 Å². The molecule has 11 heteroatoms. The van der Waals surface area contributed by atoms with Crippen molar-refractivity contribution in [2.45, 2.75) is 50.2 Å². The van der Waals surface area contributed by atoms with Crippen LogP contribution in [0.25, 0.3) is 0 Å². The van der Waals surface area contributed by atoms with Crippen molar-refractivity contribution < 1.29 is 29.2 Å². The Morgan fingerprint density at radius 2 is 1.92 bits per heavy atom. The molecule has 4 rings (SSSR count). The van der Waals surface area contributed by atoms with Crippen molar-refractivity contribution in [1.82, 2.24) is 4.90 Å². The molecule has 37 heavy (non-hydrogen) atoms. The summed E-state index contributed by atoms with van der Waals surface area (Å²) in [6.07, 6.45) is -0.879. The summed E-state index contributed by atoms with van der Waals surface area (Å²) in [7, 11) is -1.40. The van der Waals surface area contributed by atoms with Crippen LogP contribution < -0.4 is 4.90 Å². The van der Waals surface area contributed by atoms with E-state index in [1.54, 1.807) is 25.0 Å². The monoisotopic (exact) mass is 527 g/mol. The normalized spacial score (nSPS) is 25.0. The van der Waals surface area contributed by atoms with Crippen LogP contribution in [0.4, 0.5) is 11.4 Å². The summed E-state index contributed by atoms with van der Waals surface area (Å²) in [6.45, 7) is 5.53. The predicted molar refractivity (Wildman–Crippen MR) is 139 cm³/mol. The third kappa shape index (κ3) is 4.68. The maximum absolute atomic E-state index is 13.7. The van der Waals surface area contributed by atoms with Gasteiger partial charge < -0.3 is 24.4 Å². The van der Waals surface area contributed by atoms with Crippen molar-refractivity contribution in [1.29, 1.82) is 0 Å². The lowest BCUT2D eigenvalue weighted by Crippen LogP contribution is -2.45. The number of aliphatic hydroxyl groups is 1. The molecule has 2 heterocycles. The number of hydrogen-bond acceptors (Lipinski definition) is 7. The van der Waals surface area contributed by atoms with Gasteiger partial charge >= 0.3 is 0 Å². The van der Waals surface area contributed by atoms with Gasteiger partial charge in [-0.25, -0.2) is 0 Å². The zero-order valence-corrected chi connectivity index (χ0v) is 22.5. The minimum atomic E-state index is -3.00. The van der Waals surface area contributed by atoms with E-state index >= 15 is 0 Å². The average Bonchev–Trinajstić information content (AvgIpc) is 3.25. The summed E-state index contributed by atoms with van der Waals surface area (Å²) < 4.78 is 6.51. The quantitative estimate of drug-likeness (QED) is 0.306. The zero-order valence-electron chi connectivity index (χ0n) is 21.5. The Kier molecular flexibility index (Phi) is 7.26. The number of amides is 2. The van der Waals surface area contributed by atoms with E-state index in [1.165, 1.54) is 23.1 Å². The van der Waals surface area contributed by atoms with Gasteiger partial charge in [0, 0.05) is 49.3 Å². The highest BCUT2D eigenvalue weighted by molar-refractivity contribution is 6.71. The standard InChI is InChI=1S/C26H33N3O7Si/c1-17-24(37(3,4)35)22(15-23(31)28(12-13-30)16-18-8-6-5-7-9-18)36-26(17)20-14-19(29(33)34)10-11-21(20)27(2)25(26)32/h5-11,14,17,22,24,30,35H,12-13,15-16H2,1-4H3/t17-,22+,24-,26+/m1/s1. The summed E-state index contributed by atoms with van der Waals surface area (Å²) in [5, 5.41) is 21.1. The van der Waals surface area contributed by atoms with E-state index in [0.717, 1.165) is 5.56 Å². The lowest BCUT2D eigenvalue weighted by Gasteiger charge is -2.32. The summed E-state index contributed by atoms with van der Waals surface area (Å²) >= 11 is 0. The van der Waals surface area contributed by atoms with E-state index in [4.69, 9.17) is 4.74 Å². The van der Waals surface area contributed by atoms with Crippen molar-refractivity contribution in [3.63, 3.8) is 0 Å². The van der Waals surface area contributed by atoms with E-state index < -0.39 is 36.4 Å². The lowest BCUT2D eigenvalue weighted by atomic mass is 9.82. The molecule has 2 aliphatic heterocycles. The number of anilines is 1. The van der Waals surface area contributed by atoms with E-state index in [9.17, 15) is 29.6 Å². The van der Waals surface area contributed by atoms with Gasteiger partial charge in [-0.2, -0.15) is 0 Å². The molecule has 1 fully saturated rings. The van der Waals surface area contributed by atoms with Crippen LogP contribution in [-0.4, -0.2) is 66.2 Å². The topological polar surface area (TPSA) is 133 Å². The van der Waals surface area contributed by atoms with Crippen molar-refractivity contribution in [3.8, 4) is 0 Å². The number of likely N-dealkylation sites (N-methyl/N-ethyl adjacent to an activating group) is 1. The fourth-order valence-electron chi connectivity index (χ4n) is 6.00. The Morgan fingerprint density at radius 3 is 2.51 bits per heavy atom. The first kappa shape index (κ1) is 26.9. The van der Waals surface area contributed by atoms with E-state index in [0.29, 0.717) is 17.8 Å². The average molecular weight is 528 g/mol. The van der Waals surface area contributed by atoms with Crippen LogP contribution >= 0.6 is 0 Å². The van der Waals surface area contributed by atoms with Crippen LogP contribution in [0.5, 0.6) is 0 Å². The van der Waals surface area contributed by atoms with Crippen LogP contribution in [0, 0.1) is 16.0 Å². The van der Waals surface area contributed by atoms with Crippen molar-refractivity contribution >= 4 is 31.5 Å². The van der Waals surface area contributed by atoms with Gasteiger partial charge in [0.2, 0.25) is 5.91 Å². The fourth-order valence-corrected chi connectivity index (χ4v) is 8.56. The summed E-state index contributed by atoms with van der Waals surface area (Å²) in [5.74, 6) is -1.17. The molecule has 4 atom stereocenters. The van der Waals surface area contributed by atoms with E-state index in [1.807, 2.05) is 37.3 Å². The van der Waals surface area contributed by atoms with Gasteiger partial charge in [-0.3, -0.25) is 19.7 Å². The van der Waals surface area contributed by atoms with Crippen LogP contribution in [0.1, 0.15) is 24.5 Å². The predicted octanol–water partition coefficient (Wildman–Crippen LogP) is 2.78. The summed E-state index contributed by atoms with van der Waals surface area (Å²) in [4.78, 5) is 52.5. The molecule has 2 amide bonds. The molecule has 1 saturated heterocycles. The highest BCUT2D eigenvalue weighted by Gasteiger charge is 2.66. The molecule has 2 aliphatic rings. The molecule has 0 aliphatic carbocycles. The van der Waals surface area contributed by atoms with Gasteiger partial charge in [0.1, 0.15) is 0 Å². The lowest BCUT2D eigenvalue weighted by molar-refractivity contribution is -0.385. The number of nitro groups is 1. The molecule has 2 N–H and O–H groups in total. The molecule has 198 valence electrons. The van der Waals surface area contributed by atoms with Gasteiger partial charge in [-0.05, 0) is 24.7 Å². The SMILES string of the molecule is C[C@@H]1[C@@H]([Si](C)(C)O)[C@H](CC(=O)N(CCO)Cc2ccccc2)O[C@@]12C(=O)N(C)c1ccc([N+](=O)[O-])cc12.